The van der Waals surface area contributed by atoms with Crippen LogP contribution in [0.2, 0.25) is 0 Å². The van der Waals surface area contributed by atoms with Crippen molar-refractivity contribution in [1.82, 2.24) is 24.5 Å². The van der Waals surface area contributed by atoms with Crippen LogP contribution in [0.5, 0.6) is 0 Å². The van der Waals surface area contributed by atoms with E-state index in [1.54, 1.807) is 10.9 Å². The Labute approximate surface area is 219 Å². The number of carbonyl (C=O) groups excluding carboxylic acids is 1. The Morgan fingerprint density at radius 3 is 2.55 bits per heavy atom. The molecule has 0 amide bonds. The van der Waals surface area contributed by atoms with Gasteiger partial charge in [0.1, 0.15) is 5.82 Å². The summed E-state index contributed by atoms with van der Waals surface area (Å²) in [7, 11) is 3.24. The summed E-state index contributed by atoms with van der Waals surface area (Å²) in [5.41, 5.74) is 6.68. The summed E-state index contributed by atoms with van der Waals surface area (Å²) in [6.07, 6.45) is 3.28. The van der Waals surface area contributed by atoms with Crippen molar-refractivity contribution < 1.29 is 18.7 Å². The van der Waals surface area contributed by atoms with Gasteiger partial charge in [0.25, 0.3) is 0 Å². The molecule has 6 rings (SSSR count). The first-order chi connectivity index (χ1) is 18.5. The van der Waals surface area contributed by atoms with Gasteiger partial charge in [-0.1, -0.05) is 23.4 Å². The highest BCUT2D eigenvalue weighted by molar-refractivity contribution is 6.08. The number of nitrogens with zero attached hydrogens (tertiary/aromatic N) is 5. The fraction of sp³-hybridized carbons (Fsp3) is 0.310. The minimum atomic E-state index is -0.446. The van der Waals surface area contributed by atoms with Crippen molar-refractivity contribution in [2.45, 2.75) is 25.8 Å². The molecule has 0 unspecified atom stereocenters. The molecular formula is C29H28FN5O3. The fourth-order valence-electron chi connectivity index (χ4n) is 5.76. The van der Waals surface area contributed by atoms with E-state index in [9.17, 15) is 9.18 Å². The molecule has 0 aliphatic carbocycles. The molecule has 1 aliphatic heterocycles. The summed E-state index contributed by atoms with van der Waals surface area (Å²) in [6.45, 7) is 3.27. The molecule has 194 valence electrons. The maximum Gasteiger partial charge on any atom is 0.339 e. The van der Waals surface area contributed by atoms with Crippen molar-refractivity contribution in [2.75, 3.05) is 20.3 Å². The largest absolute Gasteiger partial charge is 0.465 e. The molecule has 9 heteroatoms. The lowest BCUT2D eigenvalue weighted by Gasteiger charge is -2.33. The second kappa shape index (κ2) is 9.64. The average molecular weight is 514 g/mol. The number of methoxy groups -OCH3 is 1. The van der Waals surface area contributed by atoms with Crippen molar-refractivity contribution in [1.29, 1.82) is 0 Å². The van der Waals surface area contributed by atoms with E-state index in [1.807, 2.05) is 32.2 Å². The number of hydrogen-bond donors (Lipinski definition) is 0. The first-order valence-corrected chi connectivity index (χ1v) is 12.7. The van der Waals surface area contributed by atoms with E-state index in [1.165, 1.54) is 19.2 Å². The first kappa shape index (κ1) is 24.2. The first-order valence-electron chi connectivity index (χ1n) is 12.7. The molecule has 0 bridgehead atoms. The number of aryl methyl sites for hydroxylation is 2. The monoisotopic (exact) mass is 513 g/mol. The maximum absolute atomic E-state index is 14.0. The third-order valence-electron chi connectivity index (χ3n) is 7.53. The van der Waals surface area contributed by atoms with Crippen molar-refractivity contribution in [2.24, 2.45) is 13.0 Å². The minimum Gasteiger partial charge on any atom is -0.465 e. The normalized spacial score (nSPS) is 15.3. The molecule has 0 saturated carbocycles. The van der Waals surface area contributed by atoms with Crippen molar-refractivity contribution in [3.05, 3.63) is 77.4 Å². The minimum absolute atomic E-state index is 0.129. The highest BCUT2D eigenvalue weighted by Crippen LogP contribution is 2.41. The van der Waals surface area contributed by atoms with Crippen LogP contribution in [0, 0.1) is 18.7 Å². The van der Waals surface area contributed by atoms with E-state index in [-0.39, 0.29) is 17.8 Å². The standard InChI is InChI=1S/C29H28FN5O3/c1-17-27(34(2)33-32-17)20-6-9-23-24(14-20)35(25-15-21(29(36)37-3)16-31-26(23)25)28(19-10-12-38-13-11-19)18-4-7-22(30)8-5-18/h4-9,14-16,19,28H,10-13H2,1-3H3/t28-/m1/s1. The third-order valence-corrected chi connectivity index (χ3v) is 7.53. The number of benzene rings is 2. The summed E-state index contributed by atoms with van der Waals surface area (Å²) in [6, 6.07) is 14.7. The number of esters is 1. The lowest BCUT2D eigenvalue weighted by Crippen LogP contribution is -2.27. The number of hydrogen-bond acceptors (Lipinski definition) is 6. The van der Waals surface area contributed by atoms with Gasteiger partial charge in [-0.25, -0.2) is 13.9 Å². The Balaban J connectivity index is 1.68. The molecule has 8 nitrogen and oxygen atoms in total. The fourth-order valence-corrected chi connectivity index (χ4v) is 5.76. The Morgan fingerprint density at radius 1 is 1.11 bits per heavy atom. The smallest absolute Gasteiger partial charge is 0.339 e. The van der Waals surface area contributed by atoms with E-state index in [4.69, 9.17) is 14.5 Å². The second-order valence-electron chi connectivity index (χ2n) is 9.78. The Hall–Kier alpha value is -4.11. The van der Waals surface area contributed by atoms with Crippen LogP contribution in [-0.2, 0) is 16.5 Å². The number of rotatable bonds is 5. The van der Waals surface area contributed by atoms with Crippen LogP contribution in [-0.4, -0.2) is 50.8 Å². The topological polar surface area (TPSA) is 84.1 Å². The van der Waals surface area contributed by atoms with Gasteiger partial charge in [-0.2, -0.15) is 0 Å². The van der Waals surface area contributed by atoms with E-state index < -0.39 is 5.97 Å². The van der Waals surface area contributed by atoms with Crippen LogP contribution in [0.3, 0.4) is 0 Å². The number of carbonyl (C=O) groups is 1. The molecule has 3 aromatic heterocycles. The van der Waals surface area contributed by atoms with E-state index in [0.29, 0.717) is 18.8 Å². The van der Waals surface area contributed by atoms with Gasteiger partial charge in [-0.15, -0.1) is 5.10 Å². The zero-order valence-electron chi connectivity index (χ0n) is 21.5. The molecule has 4 heterocycles. The number of halogens is 1. The number of aromatic nitrogens is 5. The van der Waals surface area contributed by atoms with Gasteiger partial charge in [0, 0.05) is 37.4 Å². The predicted octanol–water partition coefficient (Wildman–Crippen LogP) is 5.24. The molecule has 2 aromatic carbocycles. The number of ether oxygens (including phenoxy) is 2. The zero-order chi connectivity index (χ0) is 26.4. The molecule has 0 spiro atoms. The molecular weight excluding hydrogens is 485 g/mol. The highest BCUT2D eigenvalue weighted by atomic mass is 19.1. The zero-order valence-corrected chi connectivity index (χ0v) is 21.5. The maximum atomic E-state index is 14.0. The van der Waals surface area contributed by atoms with Gasteiger partial charge in [0.2, 0.25) is 0 Å². The van der Waals surface area contributed by atoms with Gasteiger partial charge in [0.05, 0.1) is 46.7 Å². The van der Waals surface area contributed by atoms with Gasteiger partial charge in [0.15, 0.2) is 0 Å². The summed E-state index contributed by atoms with van der Waals surface area (Å²) in [5, 5.41) is 9.39. The van der Waals surface area contributed by atoms with E-state index >= 15 is 0 Å². The third kappa shape index (κ3) is 4.03. The molecule has 5 aromatic rings. The van der Waals surface area contributed by atoms with Crippen molar-refractivity contribution in [3.63, 3.8) is 0 Å². The van der Waals surface area contributed by atoms with E-state index in [2.05, 4.69) is 33.1 Å². The van der Waals surface area contributed by atoms with Crippen LogP contribution in [0.25, 0.3) is 33.2 Å². The number of fused-ring (bicyclic) bond motifs is 3. The summed E-state index contributed by atoms with van der Waals surface area (Å²) < 4.78 is 28.7. The molecule has 38 heavy (non-hydrogen) atoms. The van der Waals surface area contributed by atoms with Gasteiger partial charge >= 0.3 is 5.97 Å². The summed E-state index contributed by atoms with van der Waals surface area (Å²) in [4.78, 5) is 17.2. The predicted molar refractivity (Wildman–Crippen MR) is 141 cm³/mol. The molecule has 1 aliphatic rings. The SMILES string of the molecule is COC(=O)c1cnc2c3ccc(-c4c(C)nnn4C)cc3n([C@H](c3ccc(F)cc3)C3CCOCC3)c2c1. The Kier molecular flexibility index (Phi) is 6.15. The summed E-state index contributed by atoms with van der Waals surface area (Å²) >= 11 is 0. The van der Waals surface area contributed by atoms with Crippen LogP contribution in [0.4, 0.5) is 4.39 Å². The van der Waals surface area contributed by atoms with Crippen LogP contribution in [0.15, 0.2) is 54.7 Å². The quantitative estimate of drug-likeness (QED) is 0.299. The lowest BCUT2D eigenvalue weighted by molar-refractivity contribution is 0.0552. The van der Waals surface area contributed by atoms with Gasteiger partial charge in [-0.3, -0.25) is 4.98 Å². The van der Waals surface area contributed by atoms with Crippen LogP contribution >= 0.6 is 0 Å². The van der Waals surface area contributed by atoms with Crippen LogP contribution in [0.1, 0.15) is 40.5 Å². The second-order valence-corrected chi connectivity index (χ2v) is 9.78. The molecule has 0 N–H and O–H groups in total. The summed E-state index contributed by atoms with van der Waals surface area (Å²) in [5.74, 6) is -0.491. The molecule has 1 atom stereocenters. The molecule has 1 saturated heterocycles. The lowest BCUT2D eigenvalue weighted by atomic mass is 9.86. The van der Waals surface area contributed by atoms with Crippen LogP contribution < -0.4 is 0 Å². The Morgan fingerprint density at radius 2 is 1.87 bits per heavy atom. The van der Waals surface area contributed by atoms with Crippen molar-refractivity contribution in [3.8, 4) is 11.3 Å². The highest BCUT2D eigenvalue weighted by Gasteiger charge is 2.31. The Bertz CT molecular complexity index is 1630. The van der Waals surface area contributed by atoms with E-state index in [0.717, 1.165) is 57.3 Å². The average Bonchev–Trinajstić information content (AvgIpc) is 3.45. The number of pyridine rings is 1. The van der Waals surface area contributed by atoms with Gasteiger partial charge in [-0.05, 0) is 61.6 Å². The van der Waals surface area contributed by atoms with Crippen molar-refractivity contribution >= 4 is 27.9 Å². The van der Waals surface area contributed by atoms with Gasteiger partial charge < -0.3 is 14.0 Å². The molecule has 1 fully saturated rings. The molecule has 0 radical (unpaired) electrons.